The zero-order valence-electron chi connectivity index (χ0n) is 28.8. The van der Waals surface area contributed by atoms with Crippen molar-refractivity contribution in [3.63, 3.8) is 0 Å². The van der Waals surface area contributed by atoms with Crippen LogP contribution in [0.5, 0.6) is 0 Å². The molecule has 42 heavy (non-hydrogen) atoms. The van der Waals surface area contributed by atoms with Crippen LogP contribution in [0.3, 0.4) is 0 Å². The summed E-state index contributed by atoms with van der Waals surface area (Å²) in [6.07, 6.45) is 37.9. The predicted octanol–water partition coefficient (Wildman–Crippen LogP) is 12.6. The van der Waals surface area contributed by atoms with E-state index in [4.69, 9.17) is 9.47 Å². The van der Waals surface area contributed by atoms with Crippen LogP contribution in [0, 0.1) is 0 Å². The van der Waals surface area contributed by atoms with Crippen LogP contribution in [0.2, 0.25) is 0 Å². The van der Waals surface area contributed by atoms with Crippen LogP contribution in [0.25, 0.3) is 0 Å². The SMILES string of the molecule is CCCCCCCCCCCCCCCCCC(=O)OC(CC)COC(=O)CCCCCCCCCCCCCCC. The number of unbranched alkanes of at least 4 members (excludes halogenated alkanes) is 26. The van der Waals surface area contributed by atoms with Gasteiger partial charge in [0, 0.05) is 12.8 Å². The molecular weight excluding hydrogens is 520 g/mol. The maximum Gasteiger partial charge on any atom is 0.306 e. The molecule has 0 amide bonds. The second-order valence-corrected chi connectivity index (χ2v) is 12.9. The summed E-state index contributed by atoms with van der Waals surface area (Å²) < 4.78 is 11.0. The molecule has 4 heteroatoms. The van der Waals surface area contributed by atoms with Gasteiger partial charge in [0.25, 0.3) is 0 Å². The molecule has 0 aliphatic carbocycles. The average Bonchev–Trinajstić information content (AvgIpc) is 2.99. The minimum atomic E-state index is -0.315. The standard InChI is InChI=1S/C38H74O4/c1-4-7-9-11-13-15-17-19-20-22-24-26-28-30-32-34-38(40)42-36(6-3)35-41-37(39)33-31-29-27-25-23-21-18-16-14-12-10-8-5-2/h36H,4-35H2,1-3H3. The number of carbonyl (C=O) groups excluding carboxylic acids is 2. The van der Waals surface area contributed by atoms with E-state index in [0.717, 1.165) is 25.7 Å². The van der Waals surface area contributed by atoms with Gasteiger partial charge in [-0.25, -0.2) is 0 Å². The van der Waals surface area contributed by atoms with E-state index < -0.39 is 0 Å². The molecule has 0 aromatic heterocycles. The Morgan fingerprint density at radius 2 is 0.690 bits per heavy atom. The van der Waals surface area contributed by atoms with Crippen LogP contribution in [0.1, 0.15) is 220 Å². The zero-order chi connectivity index (χ0) is 30.8. The molecule has 0 N–H and O–H groups in total. The van der Waals surface area contributed by atoms with E-state index in [1.165, 1.54) is 154 Å². The lowest BCUT2D eigenvalue weighted by Crippen LogP contribution is -2.24. The van der Waals surface area contributed by atoms with Crippen LogP contribution in [-0.2, 0) is 19.1 Å². The fourth-order valence-electron chi connectivity index (χ4n) is 5.67. The Morgan fingerprint density at radius 3 is 1.00 bits per heavy atom. The Balaban J connectivity index is 3.51. The Kier molecular flexibility index (Phi) is 33.6. The molecule has 0 spiro atoms. The van der Waals surface area contributed by atoms with Crippen molar-refractivity contribution in [1.29, 1.82) is 0 Å². The third-order valence-corrected chi connectivity index (χ3v) is 8.65. The number of hydrogen-bond acceptors (Lipinski definition) is 4. The lowest BCUT2D eigenvalue weighted by atomic mass is 10.0. The Labute approximate surface area is 263 Å². The molecule has 4 nitrogen and oxygen atoms in total. The van der Waals surface area contributed by atoms with Crippen LogP contribution in [0.15, 0.2) is 0 Å². The Hall–Kier alpha value is -1.06. The van der Waals surface area contributed by atoms with Crippen molar-refractivity contribution in [2.45, 2.75) is 226 Å². The maximum atomic E-state index is 12.2. The molecule has 0 radical (unpaired) electrons. The van der Waals surface area contributed by atoms with Crippen molar-refractivity contribution in [1.82, 2.24) is 0 Å². The van der Waals surface area contributed by atoms with Crippen LogP contribution in [-0.4, -0.2) is 24.6 Å². The van der Waals surface area contributed by atoms with E-state index in [1.807, 2.05) is 6.92 Å². The summed E-state index contributed by atoms with van der Waals surface area (Å²) >= 11 is 0. The molecule has 0 aliphatic heterocycles. The van der Waals surface area contributed by atoms with Crippen molar-refractivity contribution in [2.75, 3.05) is 6.61 Å². The summed E-state index contributed by atoms with van der Waals surface area (Å²) in [7, 11) is 0. The molecule has 0 aromatic carbocycles. The largest absolute Gasteiger partial charge is 0.462 e. The monoisotopic (exact) mass is 595 g/mol. The molecule has 0 aromatic rings. The van der Waals surface area contributed by atoms with E-state index in [1.54, 1.807) is 0 Å². The topological polar surface area (TPSA) is 52.6 Å². The second kappa shape index (κ2) is 34.4. The Bertz CT molecular complexity index is 561. The van der Waals surface area contributed by atoms with Crippen LogP contribution in [0.4, 0.5) is 0 Å². The van der Waals surface area contributed by atoms with Crippen molar-refractivity contribution in [3.05, 3.63) is 0 Å². The van der Waals surface area contributed by atoms with Crippen LogP contribution >= 0.6 is 0 Å². The number of rotatable bonds is 34. The summed E-state index contributed by atoms with van der Waals surface area (Å²) in [5.41, 5.74) is 0. The van der Waals surface area contributed by atoms with E-state index in [2.05, 4.69) is 13.8 Å². The van der Waals surface area contributed by atoms with Gasteiger partial charge in [0.1, 0.15) is 12.7 Å². The summed E-state index contributed by atoms with van der Waals surface area (Å²) in [4.78, 5) is 24.4. The second-order valence-electron chi connectivity index (χ2n) is 12.9. The number of esters is 2. The van der Waals surface area contributed by atoms with Gasteiger partial charge in [0.2, 0.25) is 0 Å². The summed E-state index contributed by atoms with van der Waals surface area (Å²) in [5.74, 6) is -0.306. The van der Waals surface area contributed by atoms with Gasteiger partial charge in [0.05, 0.1) is 0 Å². The molecule has 1 unspecified atom stereocenters. The highest BCUT2D eigenvalue weighted by atomic mass is 16.6. The normalized spacial score (nSPS) is 12.0. The molecule has 0 rings (SSSR count). The molecule has 0 saturated carbocycles. The molecule has 0 bridgehead atoms. The van der Waals surface area contributed by atoms with E-state index in [0.29, 0.717) is 19.3 Å². The van der Waals surface area contributed by atoms with Gasteiger partial charge in [-0.1, -0.05) is 188 Å². The molecular formula is C38H74O4. The lowest BCUT2D eigenvalue weighted by molar-refractivity contribution is -0.159. The van der Waals surface area contributed by atoms with Gasteiger partial charge < -0.3 is 9.47 Å². The van der Waals surface area contributed by atoms with Gasteiger partial charge in [-0.15, -0.1) is 0 Å². The van der Waals surface area contributed by atoms with Gasteiger partial charge in [0.15, 0.2) is 0 Å². The van der Waals surface area contributed by atoms with Crippen LogP contribution < -0.4 is 0 Å². The van der Waals surface area contributed by atoms with Crippen molar-refractivity contribution >= 4 is 11.9 Å². The molecule has 0 aliphatic rings. The molecule has 0 saturated heterocycles. The first kappa shape index (κ1) is 40.9. The van der Waals surface area contributed by atoms with Gasteiger partial charge in [-0.2, -0.15) is 0 Å². The van der Waals surface area contributed by atoms with E-state index >= 15 is 0 Å². The summed E-state index contributed by atoms with van der Waals surface area (Å²) in [5, 5.41) is 0. The fraction of sp³-hybridized carbons (Fsp3) is 0.947. The summed E-state index contributed by atoms with van der Waals surface area (Å²) in [6.45, 7) is 6.72. The third-order valence-electron chi connectivity index (χ3n) is 8.65. The fourth-order valence-corrected chi connectivity index (χ4v) is 5.67. The highest BCUT2D eigenvalue weighted by molar-refractivity contribution is 5.70. The maximum absolute atomic E-state index is 12.2. The van der Waals surface area contributed by atoms with Gasteiger partial charge in [-0.3, -0.25) is 9.59 Å². The highest BCUT2D eigenvalue weighted by Gasteiger charge is 2.15. The first-order valence-electron chi connectivity index (χ1n) is 19.0. The molecule has 0 heterocycles. The van der Waals surface area contributed by atoms with Crippen molar-refractivity contribution in [3.8, 4) is 0 Å². The zero-order valence-corrected chi connectivity index (χ0v) is 28.8. The van der Waals surface area contributed by atoms with Crippen molar-refractivity contribution < 1.29 is 19.1 Å². The molecule has 250 valence electrons. The molecule has 1 atom stereocenters. The number of ether oxygens (including phenoxy) is 2. The number of hydrogen-bond donors (Lipinski definition) is 0. The third kappa shape index (κ3) is 31.9. The Morgan fingerprint density at radius 1 is 0.405 bits per heavy atom. The summed E-state index contributed by atoms with van der Waals surface area (Å²) in [6, 6.07) is 0. The van der Waals surface area contributed by atoms with Gasteiger partial charge in [-0.05, 0) is 19.3 Å². The predicted molar refractivity (Wildman–Crippen MR) is 181 cm³/mol. The van der Waals surface area contributed by atoms with Crippen molar-refractivity contribution in [2.24, 2.45) is 0 Å². The molecule has 0 fully saturated rings. The van der Waals surface area contributed by atoms with E-state index in [9.17, 15) is 9.59 Å². The highest BCUT2D eigenvalue weighted by Crippen LogP contribution is 2.15. The number of carbonyl (C=O) groups is 2. The average molecular weight is 595 g/mol. The minimum Gasteiger partial charge on any atom is -0.462 e. The quantitative estimate of drug-likeness (QED) is 0.0549. The van der Waals surface area contributed by atoms with E-state index in [-0.39, 0.29) is 24.6 Å². The first-order valence-corrected chi connectivity index (χ1v) is 19.0. The lowest BCUT2D eigenvalue weighted by Gasteiger charge is -2.16. The minimum absolute atomic E-state index is 0.149. The smallest absolute Gasteiger partial charge is 0.306 e. The van der Waals surface area contributed by atoms with Gasteiger partial charge >= 0.3 is 11.9 Å². The first-order chi connectivity index (χ1) is 20.6.